The first-order valence-electron chi connectivity index (χ1n) is 7.21. The topological polar surface area (TPSA) is 3.24 Å². The summed E-state index contributed by atoms with van der Waals surface area (Å²) in [6.45, 7) is 5.47. The van der Waals surface area contributed by atoms with E-state index in [0.29, 0.717) is 19.1 Å². The third-order valence-electron chi connectivity index (χ3n) is 3.62. The van der Waals surface area contributed by atoms with Crippen molar-refractivity contribution in [3.8, 4) is 0 Å². The quantitative estimate of drug-likeness (QED) is 0.661. The van der Waals surface area contributed by atoms with Gasteiger partial charge in [-0.15, -0.1) is 0 Å². The SMILES string of the molecule is CCC.FC1(F)CCN(C2CCCCC2)CC1. The highest BCUT2D eigenvalue weighted by atomic mass is 19.3. The van der Waals surface area contributed by atoms with E-state index in [-0.39, 0.29) is 12.8 Å². The van der Waals surface area contributed by atoms with Crippen molar-refractivity contribution in [3.63, 3.8) is 0 Å². The van der Waals surface area contributed by atoms with Gasteiger partial charge in [0.15, 0.2) is 0 Å². The fraction of sp³-hybridized carbons (Fsp3) is 1.00. The molecule has 17 heavy (non-hydrogen) atoms. The number of piperidine rings is 1. The van der Waals surface area contributed by atoms with Gasteiger partial charge in [-0.25, -0.2) is 8.78 Å². The van der Waals surface area contributed by atoms with Crippen LogP contribution in [0.25, 0.3) is 0 Å². The summed E-state index contributed by atoms with van der Waals surface area (Å²) in [5.41, 5.74) is 0. The highest BCUT2D eigenvalue weighted by Gasteiger charge is 2.36. The van der Waals surface area contributed by atoms with Gasteiger partial charge in [0.2, 0.25) is 0 Å². The predicted octanol–water partition coefficient (Wildman–Crippen LogP) is 4.47. The summed E-state index contributed by atoms with van der Waals surface area (Å²) >= 11 is 0. The molecule has 0 bridgehead atoms. The second-order valence-electron chi connectivity index (χ2n) is 5.39. The van der Waals surface area contributed by atoms with Gasteiger partial charge in [0.25, 0.3) is 5.92 Å². The minimum atomic E-state index is -2.38. The lowest BCUT2D eigenvalue weighted by Gasteiger charge is -2.39. The molecule has 0 spiro atoms. The van der Waals surface area contributed by atoms with Crippen molar-refractivity contribution < 1.29 is 8.78 Å². The molecule has 0 aromatic heterocycles. The monoisotopic (exact) mass is 247 g/mol. The van der Waals surface area contributed by atoms with Gasteiger partial charge in [0, 0.05) is 32.0 Å². The largest absolute Gasteiger partial charge is 0.300 e. The van der Waals surface area contributed by atoms with Gasteiger partial charge in [-0.2, -0.15) is 0 Å². The van der Waals surface area contributed by atoms with Crippen molar-refractivity contribution in [2.24, 2.45) is 0 Å². The summed E-state index contributed by atoms with van der Waals surface area (Å²) in [6, 6.07) is 0.611. The van der Waals surface area contributed by atoms with E-state index in [1.807, 2.05) is 0 Å². The zero-order chi connectivity index (χ0) is 12.7. The van der Waals surface area contributed by atoms with E-state index < -0.39 is 5.92 Å². The molecular formula is C14H27F2N. The molecule has 1 saturated carbocycles. The summed E-state index contributed by atoms with van der Waals surface area (Å²) in [5, 5.41) is 0. The summed E-state index contributed by atoms with van der Waals surface area (Å²) in [7, 11) is 0. The minimum absolute atomic E-state index is 0.0729. The number of hydrogen-bond donors (Lipinski definition) is 0. The van der Waals surface area contributed by atoms with Crippen LogP contribution in [0.3, 0.4) is 0 Å². The second kappa shape index (κ2) is 7.30. The van der Waals surface area contributed by atoms with Gasteiger partial charge in [-0.05, 0) is 12.8 Å². The number of nitrogens with zero attached hydrogens (tertiary/aromatic N) is 1. The van der Waals surface area contributed by atoms with Gasteiger partial charge in [-0.1, -0.05) is 39.5 Å². The van der Waals surface area contributed by atoms with Gasteiger partial charge in [0.1, 0.15) is 0 Å². The molecule has 0 unspecified atom stereocenters. The van der Waals surface area contributed by atoms with Crippen molar-refractivity contribution in [1.29, 1.82) is 0 Å². The first kappa shape index (κ1) is 14.9. The molecule has 1 nitrogen and oxygen atoms in total. The fourth-order valence-corrected chi connectivity index (χ4v) is 2.66. The Labute approximate surface area is 105 Å². The highest BCUT2D eigenvalue weighted by molar-refractivity contribution is 4.83. The lowest BCUT2D eigenvalue weighted by Crippen LogP contribution is -2.45. The van der Waals surface area contributed by atoms with Crippen LogP contribution in [0.15, 0.2) is 0 Å². The first-order chi connectivity index (χ1) is 8.09. The molecule has 3 heteroatoms. The van der Waals surface area contributed by atoms with Crippen molar-refractivity contribution in [2.75, 3.05) is 13.1 Å². The van der Waals surface area contributed by atoms with E-state index >= 15 is 0 Å². The number of halogens is 2. The van der Waals surface area contributed by atoms with Gasteiger partial charge in [-0.3, -0.25) is 4.90 Å². The van der Waals surface area contributed by atoms with Gasteiger partial charge in [0.05, 0.1) is 0 Å². The molecule has 2 rings (SSSR count). The number of hydrogen-bond acceptors (Lipinski definition) is 1. The van der Waals surface area contributed by atoms with Crippen LogP contribution in [0.5, 0.6) is 0 Å². The van der Waals surface area contributed by atoms with Crippen molar-refractivity contribution in [3.05, 3.63) is 0 Å². The van der Waals surface area contributed by atoms with Crippen molar-refractivity contribution >= 4 is 0 Å². The Morgan fingerprint density at radius 2 is 1.47 bits per heavy atom. The summed E-state index contributed by atoms with van der Waals surface area (Å²) in [6.07, 6.45) is 7.76. The van der Waals surface area contributed by atoms with Crippen molar-refractivity contribution in [1.82, 2.24) is 4.90 Å². The number of likely N-dealkylation sites (tertiary alicyclic amines) is 1. The lowest BCUT2D eigenvalue weighted by molar-refractivity contribution is -0.0655. The Kier molecular flexibility index (Phi) is 6.39. The molecule has 0 aromatic carbocycles. The van der Waals surface area contributed by atoms with Crippen LogP contribution in [0, 0.1) is 0 Å². The Bertz CT molecular complexity index is 190. The third kappa shape index (κ3) is 5.33. The molecule has 1 aliphatic carbocycles. The summed E-state index contributed by atoms with van der Waals surface area (Å²) in [4.78, 5) is 2.29. The molecule has 1 aliphatic heterocycles. The van der Waals surface area contributed by atoms with Gasteiger partial charge >= 0.3 is 0 Å². The van der Waals surface area contributed by atoms with E-state index in [0.717, 1.165) is 0 Å². The lowest BCUT2D eigenvalue weighted by atomic mass is 9.92. The zero-order valence-electron chi connectivity index (χ0n) is 11.4. The highest BCUT2D eigenvalue weighted by Crippen LogP contribution is 2.31. The zero-order valence-corrected chi connectivity index (χ0v) is 11.4. The standard InChI is InChI=1S/C11H19F2N.C3H8/c12-11(13)6-8-14(9-7-11)10-4-2-1-3-5-10;1-3-2/h10H,1-9H2;3H2,1-2H3. The number of rotatable bonds is 1. The molecule has 1 saturated heterocycles. The Morgan fingerprint density at radius 3 is 1.94 bits per heavy atom. The van der Waals surface area contributed by atoms with Gasteiger partial charge < -0.3 is 0 Å². The maximum absolute atomic E-state index is 12.9. The Hall–Kier alpha value is -0.180. The van der Waals surface area contributed by atoms with Crippen LogP contribution < -0.4 is 0 Å². The molecular weight excluding hydrogens is 220 g/mol. The van der Waals surface area contributed by atoms with E-state index in [9.17, 15) is 8.78 Å². The van der Waals surface area contributed by atoms with E-state index in [4.69, 9.17) is 0 Å². The molecule has 2 fully saturated rings. The molecule has 102 valence electrons. The van der Waals surface area contributed by atoms with Crippen LogP contribution >= 0.6 is 0 Å². The maximum Gasteiger partial charge on any atom is 0.250 e. The van der Waals surface area contributed by atoms with E-state index in [1.165, 1.54) is 38.5 Å². The maximum atomic E-state index is 12.9. The first-order valence-corrected chi connectivity index (χ1v) is 7.21. The summed E-state index contributed by atoms with van der Waals surface area (Å²) < 4.78 is 25.8. The van der Waals surface area contributed by atoms with Crippen LogP contribution in [0.4, 0.5) is 8.78 Å². The van der Waals surface area contributed by atoms with Crippen LogP contribution in [0.2, 0.25) is 0 Å². The molecule has 2 aliphatic rings. The van der Waals surface area contributed by atoms with Crippen LogP contribution in [0.1, 0.15) is 65.2 Å². The summed E-state index contributed by atoms with van der Waals surface area (Å²) in [5.74, 6) is -2.38. The number of alkyl halides is 2. The second-order valence-corrected chi connectivity index (χ2v) is 5.39. The molecule has 0 amide bonds. The average Bonchev–Trinajstić information content (AvgIpc) is 2.31. The van der Waals surface area contributed by atoms with Crippen molar-refractivity contribution in [2.45, 2.75) is 77.2 Å². The smallest absolute Gasteiger partial charge is 0.250 e. The van der Waals surface area contributed by atoms with E-state index in [1.54, 1.807) is 0 Å². The van der Waals surface area contributed by atoms with Crippen LogP contribution in [-0.4, -0.2) is 30.0 Å². The molecule has 0 radical (unpaired) electrons. The molecule has 0 atom stereocenters. The van der Waals surface area contributed by atoms with Crippen LogP contribution in [-0.2, 0) is 0 Å². The molecule has 1 heterocycles. The molecule has 0 aromatic rings. The Balaban J connectivity index is 0.000000437. The Morgan fingerprint density at radius 1 is 1.00 bits per heavy atom. The average molecular weight is 247 g/mol. The van der Waals surface area contributed by atoms with E-state index in [2.05, 4.69) is 18.7 Å². The fourth-order valence-electron chi connectivity index (χ4n) is 2.66. The normalized spacial score (nSPS) is 26.1. The predicted molar refractivity (Wildman–Crippen MR) is 68.6 cm³/mol. The third-order valence-corrected chi connectivity index (χ3v) is 3.62. The molecule has 0 N–H and O–H groups in total. The minimum Gasteiger partial charge on any atom is -0.300 e.